The number of hydrogen-bond acceptors (Lipinski definition) is 2. The van der Waals surface area contributed by atoms with E-state index in [1.807, 2.05) is 5.92 Å². The predicted octanol–water partition coefficient (Wildman–Crippen LogP) is 3.22. The summed E-state index contributed by atoms with van der Waals surface area (Å²) in [7, 11) is 1.51. The van der Waals surface area contributed by atoms with E-state index in [0.29, 0.717) is 22.4 Å². The van der Waals surface area contributed by atoms with Crippen molar-refractivity contribution in [1.82, 2.24) is 0 Å². The van der Waals surface area contributed by atoms with Crippen molar-refractivity contribution in [1.29, 1.82) is 0 Å². The van der Waals surface area contributed by atoms with E-state index in [1.54, 1.807) is 26.8 Å². The highest BCUT2D eigenvalue weighted by Crippen LogP contribution is 2.31. The summed E-state index contributed by atoms with van der Waals surface area (Å²) in [6.07, 6.45) is -6.07. The first-order chi connectivity index (χ1) is 8.67. The lowest BCUT2D eigenvalue weighted by atomic mass is 9.93. The van der Waals surface area contributed by atoms with Crippen molar-refractivity contribution < 1.29 is 23.0 Å². The molecule has 0 aliphatic heterocycles. The number of alkyl halides is 3. The zero-order valence-electron chi connectivity index (χ0n) is 11.1. The maximum Gasteiger partial charge on any atom is 0.457 e. The Balaban J connectivity index is 3.27. The molecule has 0 aromatic heterocycles. The Bertz CT molecular complexity index is 536. The highest BCUT2D eigenvalue weighted by atomic mass is 19.4. The van der Waals surface area contributed by atoms with Gasteiger partial charge in [-0.15, -0.1) is 0 Å². The first kappa shape index (κ1) is 15.4. The zero-order valence-corrected chi connectivity index (χ0v) is 11.1. The fourth-order valence-electron chi connectivity index (χ4n) is 1.92. The average Bonchev–Trinajstić information content (AvgIpc) is 2.30. The van der Waals surface area contributed by atoms with E-state index >= 15 is 0 Å². The second-order valence-corrected chi connectivity index (χ2v) is 4.23. The standard InChI is InChI=1S/C14H15F3O2/c1-8-7-12(19-4)9(2)10(3)13(8)11(18)5-6-14(15,16)17/h7,11,18H,1-4H3. The van der Waals surface area contributed by atoms with E-state index in [1.165, 1.54) is 7.11 Å². The van der Waals surface area contributed by atoms with Gasteiger partial charge in [0.2, 0.25) is 0 Å². The number of aliphatic hydroxyl groups excluding tert-OH is 1. The molecule has 0 saturated carbocycles. The molecule has 0 heterocycles. The minimum Gasteiger partial charge on any atom is -0.496 e. The smallest absolute Gasteiger partial charge is 0.457 e. The van der Waals surface area contributed by atoms with Gasteiger partial charge in [-0.05, 0) is 49.1 Å². The van der Waals surface area contributed by atoms with Crippen LogP contribution in [-0.4, -0.2) is 18.4 Å². The molecule has 1 aromatic carbocycles. The number of aryl methyl sites for hydroxylation is 1. The van der Waals surface area contributed by atoms with Gasteiger partial charge in [0.05, 0.1) is 7.11 Å². The van der Waals surface area contributed by atoms with Crippen LogP contribution in [0.2, 0.25) is 0 Å². The Morgan fingerprint density at radius 2 is 1.79 bits per heavy atom. The van der Waals surface area contributed by atoms with Gasteiger partial charge in [-0.25, -0.2) is 0 Å². The third-order valence-corrected chi connectivity index (χ3v) is 2.95. The van der Waals surface area contributed by atoms with Gasteiger partial charge in [0.15, 0.2) is 0 Å². The molecule has 2 nitrogen and oxygen atoms in total. The van der Waals surface area contributed by atoms with Crippen molar-refractivity contribution in [2.75, 3.05) is 7.11 Å². The molecule has 0 radical (unpaired) electrons. The third-order valence-electron chi connectivity index (χ3n) is 2.95. The molecule has 0 aliphatic rings. The lowest BCUT2D eigenvalue weighted by Crippen LogP contribution is -2.07. The van der Waals surface area contributed by atoms with Gasteiger partial charge in [0, 0.05) is 5.92 Å². The predicted molar refractivity (Wildman–Crippen MR) is 66.0 cm³/mol. The molecule has 1 unspecified atom stereocenters. The molecule has 0 aliphatic carbocycles. The summed E-state index contributed by atoms with van der Waals surface area (Å²) in [5.74, 6) is 3.55. The van der Waals surface area contributed by atoms with Gasteiger partial charge < -0.3 is 9.84 Å². The number of benzene rings is 1. The van der Waals surface area contributed by atoms with Crippen LogP contribution in [0.5, 0.6) is 5.75 Å². The fourth-order valence-corrected chi connectivity index (χ4v) is 1.92. The van der Waals surface area contributed by atoms with E-state index in [9.17, 15) is 18.3 Å². The molecule has 0 saturated heterocycles. The number of rotatable bonds is 2. The van der Waals surface area contributed by atoms with Crippen LogP contribution in [0.1, 0.15) is 28.4 Å². The largest absolute Gasteiger partial charge is 0.496 e. The van der Waals surface area contributed by atoms with Gasteiger partial charge in [-0.3, -0.25) is 0 Å². The maximum absolute atomic E-state index is 12.0. The van der Waals surface area contributed by atoms with E-state index < -0.39 is 12.3 Å². The number of hydrogen-bond donors (Lipinski definition) is 1. The molecular weight excluding hydrogens is 257 g/mol. The van der Waals surface area contributed by atoms with Gasteiger partial charge in [-0.2, -0.15) is 13.2 Å². The van der Waals surface area contributed by atoms with Crippen molar-refractivity contribution in [2.24, 2.45) is 0 Å². The Morgan fingerprint density at radius 1 is 1.21 bits per heavy atom. The summed E-state index contributed by atoms with van der Waals surface area (Å²) < 4.78 is 41.2. The Morgan fingerprint density at radius 3 is 2.26 bits per heavy atom. The first-order valence-electron chi connectivity index (χ1n) is 5.59. The van der Waals surface area contributed by atoms with Crippen molar-refractivity contribution in [3.8, 4) is 17.6 Å². The molecule has 19 heavy (non-hydrogen) atoms. The fraction of sp³-hybridized carbons (Fsp3) is 0.429. The summed E-state index contributed by atoms with van der Waals surface area (Å²) in [6, 6.07) is 1.68. The summed E-state index contributed by atoms with van der Waals surface area (Å²) >= 11 is 0. The average molecular weight is 272 g/mol. The van der Waals surface area contributed by atoms with Gasteiger partial charge >= 0.3 is 6.18 Å². The molecular formula is C14H15F3O2. The maximum atomic E-state index is 12.0. The highest BCUT2D eigenvalue weighted by Gasteiger charge is 2.24. The van der Waals surface area contributed by atoms with Gasteiger partial charge in [0.25, 0.3) is 0 Å². The normalized spacial score (nSPS) is 12.6. The lowest BCUT2D eigenvalue weighted by Gasteiger charge is -2.17. The molecule has 0 amide bonds. The summed E-state index contributed by atoms with van der Waals surface area (Å²) in [4.78, 5) is 0. The van der Waals surface area contributed by atoms with Crippen LogP contribution in [0.15, 0.2) is 6.07 Å². The molecule has 0 fully saturated rings. The van der Waals surface area contributed by atoms with Gasteiger partial charge in [0.1, 0.15) is 11.9 Å². The van der Waals surface area contributed by atoms with E-state index in [-0.39, 0.29) is 0 Å². The second kappa shape index (κ2) is 5.54. The molecule has 1 N–H and O–H groups in total. The molecule has 0 spiro atoms. The van der Waals surface area contributed by atoms with Crippen molar-refractivity contribution >= 4 is 0 Å². The van der Waals surface area contributed by atoms with Crippen molar-refractivity contribution in [3.63, 3.8) is 0 Å². The van der Waals surface area contributed by atoms with E-state index in [0.717, 1.165) is 11.5 Å². The number of ether oxygens (including phenoxy) is 1. The lowest BCUT2D eigenvalue weighted by molar-refractivity contribution is -0.0700. The molecule has 5 heteroatoms. The quantitative estimate of drug-likeness (QED) is 0.838. The Labute approximate surface area is 110 Å². The minimum atomic E-state index is -4.61. The second-order valence-electron chi connectivity index (χ2n) is 4.23. The van der Waals surface area contributed by atoms with Crippen LogP contribution >= 0.6 is 0 Å². The van der Waals surface area contributed by atoms with Crippen LogP contribution in [0, 0.1) is 32.6 Å². The molecule has 104 valence electrons. The SMILES string of the molecule is COc1cc(C)c(C(O)C#CC(F)(F)F)c(C)c1C. The van der Waals surface area contributed by atoms with E-state index in [2.05, 4.69) is 0 Å². The van der Waals surface area contributed by atoms with Crippen LogP contribution in [0.25, 0.3) is 0 Å². The Kier molecular flexibility index (Phi) is 4.48. The zero-order chi connectivity index (χ0) is 14.8. The summed E-state index contributed by atoms with van der Waals surface area (Å²) in [5, 5.41) is 9.82. The number of methoxy groups -OCH3 is 1. The molecule has 0 bridgehead atoms. The molecule has 1 aromatic rings. The summed E-state index contributed by atoms with van der Waals surface area (Å²) in [5.41, 5.74) is 2.50. The van der Waals surface area contributed by atoms with Crippen LogP contribution < -0.4 is 4.74 Å². The number of aliphatic hydroxyl groups is 1. The summed E-state index contributed by atoms with van der Waals surface area (Å²) in [6.45, 7) is 5.20. The molecule has 1 atom stereocenters. The third kappa shape index (κ3) is 3.65. The van der Waals surface area contributed by atoms with Crippen LogP contribution in [0.3, 0.4) is 0 Å². The van der Waals surface area contributed by atoms with Crippen molar-refractivity contribution in [3.05, 3.63) is 28.3 Å². The molecule has 1 rings (SSSR count). The first-order valence-corrected chi connectivity index (χ1v) is 5.59. The van der Waals surface area contributed by atoms with Crippen LogP contribution in [-0.2, 0) is 0 Å². The minimum absolute atomic E-state index is 0.398. The van der Waals surface area contributed by atoms with Crippen LogP contribution in [0.4, 0.5) is 13.2 Å². The highest BCUT2D eigenvalue weighted by molar-refractivity contribution is 5.50. The topological polar surface area (TPSA) is 29.5 Å². The monoisotopic (exact) mass is 272 g/mol. The van der Waals surface area contributed by atoms with E-state index in [4.69, 9.17) is 4.74 Å². The Hall–Kier alpha value is -1.67. The van der Waals surface area contributed by atoms with Gasteiger partial charge in [-0.1, -0.05) is 5.92 Å². The number of halogens is 3. The van der Waals surface area contributed by atoms with Crippen molar-refractivity contribution in [2.45, 2.75) is 33.1 Å².